The molecule has 7 heteroatoms. The van der Waals surface area contributed by atoms with Crippen LogP contribution in [0.4, 0.5) is 5.69 Å². The first-order valence-electron chi connectivity index (χ1n) is 7.37. The highest BCUT2D eigenvalue weighted by Gasteiger charge is 2.30. The number of para-hydroxylation sites is 2. The van der Waals surface area contributed by atoms with E-state index >= 15 is 0 Å². The summed E-state index contributed by atoms with van der Waals surface area (Å²) in [6, 6.07) is 22.3. The summed E-state index contributed by atoms with van der Waals surface area (Å²) in [5.74, 6) is 0.792. The van der Waals surface area contributed by atoms with Crippen LogP contribution in [0.15, 0.2) is 78.9 Å². The Kier molecular flexibility index (Phi) is 5.54. The van der Waals surface area contributed by atoms with E-state index in [9.17, 15) is 4.57 Å². The first-order valence-corrected chi connectivity index (χ1v) is 9.67. The van der Waals surface area contributed by atoms with E-state index in [1.54, 1.807) is 66.7 Å². The second kappa shape index (κ2) is 7.83. The SMILES string of the molecule is O=P(Nc1cc(Cl)ccc1Cl)(Oc1ccccc1)Oc1ccccc1. The third-order valence-corrected chi connectivity index (χ3v) is 5.11. The molecule has 1 N–H and O–H groups in total. The van der Waals surface area contributed by atoms with Crippen LogP contribution in [0.3, 0.4) is 0 Å². The average Bonchev–Trinajstić information content (AvgIpc) is 2.59. The van der Waals surface area contributed by atoms with Gasteiger partial charge in [-0.1, -0.05) is 59.6 Å². The molecule has 0 atom stereocenters. The quantitative estimate of drug-likeness (QED) is 0.475. The smallest absolute Gasteiger partial charge is 0.400 e. The maximum Gasteiger partial charge on any atom is 0.541 e. The van der Waals surface area contributed by atoms with Crippen molar-refractivity contribution in [1.82, 2.24) is 0 Å². The fraction of sp³-hybridized carbons (Fsp3) is 0. The number of benzene rings is 3. The van der Waals surface area contributed by atoms with Crippen LogP contribution in [0.1, 0.15) is 0 Å². The lowest BCUT2D eigenvalue weighted by molar-refractivity contribution is 0.393. The third-order valence-electron chi connectivity index (χ3n) is 3.12. The zero-order chi connectivity index (χ0) is 17.7. The van der Waals surface area contributed by atoms with E-state index in [1.165, 1.54) is 0 Å². The van der Waals surface area contributed by atoms with E-state index in [-0.39, 0.29) is 0 Å². The van der Waals surface area contributed by atoms with Gasteiger partial charge in [0, 0.05) is 5.02 Å². The summed E-state index contributed by atoms with van der Waals surface area (Å²) in [6.07, 6.45) is 0. The molecule has 0 amide bonds. The Morgan fingerprint density at radius 3 is 1.80 bits per heavy atom. The molecule has 0 aromatic heterocycles. The van der Waals surface area contributed by atoms with Gasteiger partial charge in [-0.3, -0.25) is 5.09 Å². The Bertz CT molecular complexity index is 846. The summed E-state index contributed by atoms with van der Waals surface area (Å²) in [5, 5.41) is 3.54. The predicted molar refractivity (Wildman–Crippen MR) is 102 cm³/mol. The van der Waals surface area contributed by atoms with Gasteiger partial charge < -0.3 is 9.05 Å². The Labute approximate surface area is 155 Å². The van der Waals surface area contributed by atoms with Gasteiger partial charge in [0.1, 0.15) is 11.5 Å². The number of anilines is 1. The highest BCUT2D eigenvalue weighted by Crippen LogP contribution is 2.49. The molecule has 0 aliphatic carbocycles. The molecule has 0 spiro atoms. The van der Waals surface area contributed by atoms with Gasteiger partial charge in [0.15, 0.2) is 0 Å². The summed E-state index contributed by atoms with van der Waals surface area (Å²) in [7, 11) is -3.82. The fourth-order valence-corrected chi connectivity index (χ4v) is 3.85. The number of hydrogen-bond acceptors (Lipinski definition) is 3. The van der Waals surface area contributed by atoms with E-state index in [4.69, 9.17) is 32.2 Å². The standard InChI is InChI=1S/C18H14Cl2NO3P/c19-14-11-12-17(20)18(13-14)21-25(22,23-15-7-3-1-4-8-15)24-16-9-5-2-6-10-16/h1-13H,(H,21,22). The van der Waals surface area contributed by atoms with Gasteiger partial charge in [-0.05, 0) is 42.5 Å². The second-order valence-corrected chi connectivity index (χ2v) is 7.47. The minimum Gasteiger partial charge on any atom is -0.400 e. The topological polar surface area (TPSA) is 47.6 Å². The van der Waals surface area contributed by atoms with Gasteiger partial charge in [-0.15, -0.1) is 0 Å². The molecule has 3 rings (SSSR count). The van der Waals surface area contributed by atoms with Crippen molar-refractivity contribution in [3.8, 4) is 11.5 Å². The molecule has 0 aliphatic heterocycles. The summed E-state index contributed by atoms with van der Waals surface area (Å²) in [6.45, 7) is 0. The Hall–Kier alpha value is -2.13. The van der Waals surface area contributed by atoms with Gasteiger partial charge >= 0.3 is 7.75 Å². The van der Waals surface area contributed by atoms with Crippen molar-refractivity contribution in [2.45, 2.75) is 0 Å². The minimum absolute atomic E-state index is 0.345. The van der Waals surface area contributed by atoms with Crippen LogP contribution in [0, 0.1) is 0 Å². The molecule has 4 nitrogen and oxygen atoms in total. The van der Waals surface area contributed by atoms with Gasteiger partial charge in [-0.2, -0.15) is 0 Å². The summed E-state index contributed by atoms with van der Waals surface area (Å²) >= 11 is 12.2. The van der Waals surface area contributed by atoms with Gasteiger partial charge in [0.2, 0.25) is 0 Å². The second-order valence-electron chi connectivity index (χ2n) is 5.04. The summed E-state index contributed by atoms with van der Waals surface area (Å²) < 4.78 is 24.6. The van der Waals surface area contributed by atoms with Gasteiger partial charge in [0.05, 0.1) is 10.7 Å². The molecule has 3 aromatic rings. The van der Waals surface area contributed by atoms with Crippen molar-refractivity contribution < 1.29 is 13.6 Å². The Morgan fingerprint density at radius 2 is 1.28 bits per heavy atom. The number of rotatable bonds is 6. The molecule has 128 valence electrons. The van der Waals surface area contributed by atoms with E-state index in [0.29, 0.717) is 27.2 Å². The number of hydrogen-bond donors (Lipinski definition) is 1. The lowest BCUT2D eigenvalue weighted by Crippen LogP contribution is -2.10. The van der Waals surface area contributed by atoms with Crippen LogP contribution in [0.2, 0.25) is 10.0 Å². The molecule has 0 aliphatic rings. The number of nitrogens with one attached hydrogen (secondary N) is 1. The maximum atomic E-state index is 13.3. The highest BCUT2D eigenvalue weighted by atomic mass is 35.5. The summed E-state index contributed by atoms with van der Waals surface area (Å²) in [5.41, 5.74) is 0.351. The van der Waals surface area contributed by atoms with Crippen molar-refractivity contribution >= 4 is 36.6 Å². The molecule has 0 saturated carbocycles. The molecule has 25 heavy (non-hydrogen) atoms. The minimum atomic E-state index is -3.82. The first-order chi connectivity index (χ1) is 12.0. The molecule has 0 heterocycles. The molecule has 3 aromatic carbocycles. The van der Waals surface area contributed by atoms with E-state index in [2.05, 4.69) is 5.09 Å². The van der Waals surface area contributed by atoms with E-state index < -0.39 is 7.75 Å². The van der Waals surface area contributed by atoms with Gasteiger partial charge in [0.25, 0.3) is 0 Å². The lowest BCUT2D eigenvalue weighted by Gasteiger charge is -2.21. The zero-order valence-electron chi connectivity index (χ0n) is 12.9. The molecule has 0 unspecified atom stereocenters. The Morgan fingerprint density at radius 1 is 0.760 bits per heavy atom. The monoisotopic (exact) mass is 393 g/mol. The highest BCUT2D eigenvalue weighted by molar-refractivity contribution is 7.56. The van der Waals surface area contributed by atoms with Crippen molar-refractivity contribution in [3.05, 3.63) is 88.9 Å². The van der Waals surface area contributed by atoms with Crippen LogP contribution in [-0.4, -0.2) is 0 Å². The van der Waals surface area contributed by atoms with Crippen molar-refractivity contribution in [3.63, 3.8) is 0 Å². The molecular formula is C18H14Cl2NO3P. The molecule has 0 saturated heterocycles. The van der Waals surface area contributed by atoms with Crippen LogP contribution in [-0.2, 0) is 4.57 Å². The van der Waals surface area contributed by atoms with Crippen molar-refractivity contribution in [1.29, 1.82) is 0 Å². The fourth-order valence-electron chi connectivity index (χ4n) is 2.04. The first kappa shape index (κ1) is 17.7. The normalized spacial score (nSPS) is 11.0. The van der Waals surface area contributed by atoms with Crippen LogP contribution >= 0.6 is 30.9 Å². The number of halogens is 2. The third kappa shape index (κ3) is 4.93. The predicted octanol–water partition coefficient (Wildman–Crippen LogP) is 6.67. The average molecular weight is 394 g/mol. The van der Waals surface area contributed by atoms with Crippen LogP contribution < -0.4 is 14.1 Å². The molecule has 0 bridgehead atoms. The van der Waals surface area contributed by atoms with Crippen molar-refractivity contribution in [2.75, 3.05) is 5.09 Å². The van der Waals surface area contributed by atoms with Crippen molar-refractivity contribution in [2.24, 2.45) is 0 Å². The zero-order valence-corrected chi connectivity index (χ0v) is 15.3. The van der Waals surface area contributed by atoms with E-state index in [0.717, 1.165) is 0 Å². The van der Waals surface area contributed by atoms with Crippen LogP contribution in [0.25, 0.3) is 0 Å². The largest absolute Gasteiger partial charge is 0.541 e. The van der Waals surface area contributed by atoms with Crippen LogP contribution in [0.5, 0.6) is 11.5 Å². The molecule has 0 fully saturated rings. The van der Waals surface area contributed by atoms with Gasteiger partial charge in [-0.25, -0.2) is 4.57 Å². The maximum absolute atomic E-state index is 13.3. The Balaban J connectivity index is 1.93. The molecular weight excluding hydrogens is 380 g/mol. The summed E-state index contributed by atoms with van der Waals surface area (Å²) in [4.78, 5) is 0. The van der Waals surface area contributed by atoms with E-state index in [1.807, 2.05) is 12.1 Å². The molecule has 0 radical (unpaired) electrons. The lowest BCUT2D eigenvalue weighted by atomic mass is 10.3.